The topological polar surface area (TPSA) is 84.8 Å². The number of imidazole rings is 1. The van der Waals surface area contributed by atoms with Crippen LogP contribution in [-0.4, -0.2) is 77.2 Å². The molecule has 0 aliphatic carbocycles. The van der Waals surface area contributed by atoms with Crippen molar-refractivity contribution in [3.05, 3.63) is 81.4 Å². The van der Waals surface area contributed by atoms with Crippen molar-refractivity contribution >= 4 is 34.8 Å². The molecule has 234 valence electrons. The summed E-state index contributed by atoms with van der Waals surface area (Å²) in [4.78, 5) is 27.7. The van der Waals surface area contributed by atoms with Crippen LogP contribution in [0.4, 0.5) is 5.69 Å². The van der Waals surface area contributed by atoms with Crippen LogP contribution in [0.5, 0.6) is 5.88 Å². The smallest absolute Gasteiger partial charge is 0.291 e. The molecule has 45 heavy (non-hydrogen) atoms. The number of carbonyl (C=O) groups excluding carboxylic acids is 1. The first-order valence-electron chi connectivity index (χ1n) is 15.3. The van der Waals surface area contributed by atoms with E-state index in [0.717, 1.165) is 80.4 Å². The van der Waals surface area contributed by atoms with E-state index in [1.807, 2.05) is 47.9 Å². The summed E-state index contributed by atoms with van der Waals surface area (Å²) < 4.78 is 13.1. The van der Waals surface area contributed by atoms with Gasteiger partial charge in [-0.3, -0.25) is 9.69 Å². The van der Waals surface area contributed by atoms with Gasteiger partial charge in [0.25, 0.3) is 5.91 Å². The second-order valence-electron chi connectivity index (χ2n) is 12.4. The Morgan fingerprint density at radius 3 is 2.47 bits per heavy atom. The standard InChI is InChI=1S/C34H36Cl2N6O3/c1-4-42-28-13-14-40(2)16-27(28)37-31(42)32(43)38-26-10-6-8-23(30(26)36)22-7-5-9-24(29(22)35)25-12-11-21(33(39-25)44-3)15-41-17-34(18-41)19-45-20-34/h5-12H,4,13-20H2,1-3H3,(H,38,43). The van der Waals surface area contributed by atoms with Gasteiger partial charge in [-0.2, -0.15) is 0 Å². The molecular formula is C34H36Cl2N6O3. The summed E-state index contributed by atoms with van der Waals surface area (Å²) in [6, 6.07) is 15.4. The van der Waals surface area contributed by atoms with Crippen molar-refractivity contribution in [1.29, 1.82) is 0 Å². The van der Waals surface area contributed by atoms with Crippen molar-refractivity contribution in [2.75, 3.05) is 52.3 Å². The predicted molar refractivity (Wildman–Crippen MR) is 176 cm³/mol. The van der Waals surface area contributed by atoms with Gasteiger partial charge >= 0.3 is 0 Å². The van der Waals surface area contributed by atoms with Gasteiger partial charge < -0.3 is 24.3 Å². The Morgan fingerprint density at radius 1 is 1.02 bits per heavy atom. The van der Waals surface area contributed by atoms with E-state index in [4.69, 9.17) is 42.6 Å². The minimum absolute atomic E-state index is 0.293. The fourth-order valence-corrected chi connectivity index (χ4v) is 7.38. The van der Waals surface area contributed by atoms with Gasteiger partial charge in [-0.25, -0.2) is 9.97 Å². The van der Waals surface area contributed by atoms with Gasteiger partial charge in [0.2, 0.25) is 5.88 Å². The lowest BCUT2D eigenvalue weighted by Gasteiger charge is -2.55. The molecule has 0 unspecified atom stereocenters. The van der Waals surface area contributed by atoms with Crippen LogP contribution in [0.3, 0.4) is 0 Å². The van der Waals surface area contributed by atoms with Crippen LogP contribution < -0.4 is 10.1 Å². The second-order valence-corrected chi connectivity index (χ2v) is 13.1. The average molecular weight is 648 g/mol. The Kier molecular flexibility index (Phi) is 8.08. The largest absolute Gasteiger partial charge is 0.481 e. The molecule has 2 fully saturated rings. The quantitative estimate of drug-likeness (QED) is 0.251. The van der Waals surface area contributed by atoms with Crippen molar-refractivity contribution in [2.24, 2.45) is 5.41 Å². The fraction of sp³-hybridized carbons (Fsp3) is 0.382. The van der Waals surface area contributed by atoms with E-state index in [0.29, 0.717) is 50.7 Å². The van der Waals surface area contributed by atoms with Crippen molar-refractivity contribution < 1.29 is 14.3 Å². The number of likely N-dealkylation sites (N-methyl/N-ethyl adjacent to an activating group) is 1. The number of carbonyl (C=O) groups is 1. The number of halogens is 2. The van der Waals surface area contributed by atoms with Gasteiger partial charge in [0.1, 0.15) is 0 Å². The highest BCUT2D eigenvalue weighted by Gasteiger charge is 2.48. The lowest BCUT2D eigenvalue weighted by atomic mass is 9.78. The molecule has 0 atom stereocenters. The Labute approximate surface area is 273 Å². The van der Waals surface area contributed by atoms with E-state index in [9.17, 15) is 4.79 Å². The molecule has 0 radical (unpaired) electrons. The molecule has 2 aromatic heterocycles. The van der Waals surface area contributed by atoms with E-state index < -0.39 is 0 Å². The van der Waals surface area contributed by atoms with Crippen molar-refractivity contribution in [1.82, 2.24) is 24.3 Å². The van der Waals surface area contributed by atoms with E-state index in [2.05, 4.69) is 28.2 Å². The molecule has 5 heterocycles. The van der Waals surface area contributed by atoms with Gasteiger partial charge in [0, 0.05) is 79.1 Å². The Balaban J connectivity index is 1.14. The van der Waals surface area contributed by atoms with Crippen LogP contribution >= 0.6 is 23.2 Å². The summed E-state index contributed by atoms with van der Waals surface area (Å²) >= 11 is 14.0. The summed E-state index contributed by atoms with van der Waals surface area (Å²) in [6.45, 7) is 8.93. The van der Waals surface area contributed by atoms with E-state index >= 15 is 0 Å². The zero-order valence-electron chi connectivity index (χ0n) is 25.7. The van der Waals surface area contributed by atoms with Crippen LogP contribution in [0.25, 0.3) is 22.4 Å². The first-order valence-corrected chi connectivity index (χ1v) is 16.0. The highest BCUT2D eigenvalue weighted by atomic mass is 35.5. The molecular weight excluding hydrogens is 611 g/mol. The summed E-state index contributed by atoms with van der Waals surface area (Å²) in [5.74, 6) is 0.688. The number of rotatable bonds is 8. The second kappa shape index (κ2) is 12.0. The Morgan fingerprint density at radius 2 is 1.76 bits per heavy atom. The first kappa shape index (κ1) is 30.2. The number of anilines is 1. The lowest BCUT2D eigenvalue weighted by Crippen LogP contribution is -2.65. The number of pyridine rings is 1. The molecule has 0 saturated carbocycles. The number of hydrogen-bond acceptors (Lipinski definition) is 7. The van der Waals surface area contributed by atoms with E-state index in [1.165, 1.54) is 0 Å². The molecule has 2 saturated heterocycles. The SMILES string of the molecule is CCn1c(C(=O)Nc2cccc(-c3cccc(-c4ccc(CN5CC6(COC6)C5)c(OC)n4)c3Cl)c2Cl)nc2c1CCN(C)C2. The normalized spacial score (nSPS) is 17.4. The molecule has 7 rings (SSSR count). The fourth-order valence-electron chi connectivity index (χ4n) is 6.78. The average Bonchev–Trinajstić information content (AvgIpc) is 3.37. The number of likely N-dealkylation sites (tertiary alicyclic amines) is 1. The highest BCUT2D eigenvalue weighted by molar-refractivity contribution is 6.39. The van der Waals surface area contributed by atoms with Gasteiger partial charge in [0.15, 0.2) is 5.82 Å². The molecule has 3 aliphatic rings. The van der Waals surface area contributed by atoms with Gasteiger partial charge in [-0.1, -0.05) is 59.6 Å². The maximum atomic E-state index is 13.5. The number of nitrogens with zero attached hydrogens (tertiary/aromatic N) is 5. The van der Waals surface area contributed by atoms with Crippen LogP contribution in [0.2, 0.25) is 10.0 Å². The zero-order chi connectivity index (χ0) is 31.3. The number of nitrogens with one attached hydrogen (secondary N) is 1. The van der Waals surface area contributed by atoms with E-state index in [-0.39, 0.29) is 5.91 Å². The highest BCUT2D eigenvalue weighted by Crippen LogP contribution is 2.42. The number of methoxy groups -OCH3 is 1. The summed E-state index contributed by atoms with van der Waals surface area (Å²) in [6.07, 6.45) is 0.864. The number of fused-ring (bicyclic) bond motifs is 1. The third-order valence-corrected chi connectivity index (χ3v) is 9.91. The van der Waals surface area contributed by atoms with Crippen LogP contribution in [0, 0.1) is 5.41 Å². The molecule has 4 aromatic rings. The molecule has 11 heteroatoms. The number of aromatic nitrogens is 3. The van der Waals surface area contributed by atoms with Crippen LogP contribution in [0.15, 0.2) is 48.5 Å². The maximum absolute atomic E-state index is 13.5. The Bertz CT molecular complexity index is 1780. The molecule has 1 spiro atoms. The third kappa shape index (κ3) is 5.51. The molecule has 0 bridgehead atoms. The number of amides is 1. The first-order chi connectivity index (χ1) is 21.8. The number of ether oxygens (including phenoxy) is 2. The minimum Gasteiger partial charge on any atom is -0.481 e. The van der Waals surface area contributed by atoms with Crippen LogP contribution in [0.1, 0.15) is 34.5 Å². The number of hydrogen-bond donors (Lipinski definition) is 1. The molecule has 3 aliphatic heterocycles. The van der Waals surface area contributed by atoms with Crippen molar-refractivity contribution in [3.63, 3.8) is 0 Å². The van der Waals surface area contributed by atoms with Gasteiger partial charge in [-0.15, -0.1) is 0 Å². The monoisotopic (exact) mass is 646 g/mol. The maximum Gasteiger partial charge on any atom is 0.291 e. The summed E-state index contributed by atoms with van der Waals surface area (Å²) in [5.41, 5.74) is 6.87. The molecule has 1 amide bonds. The number of benzene rings is 2. The third-order valence-electron chi connectivity index (χ3n) is 9.10. The zero-order valence-corrected chi connectivity index (χ0v) is 27.2. The molecule has 9 nitrogen and oxygen atoms in total. The lowest BCUT2D eigenvalue weighted by molar-refractivity contribution is -0.191. The van der Waals surface area contributed by atoms with Crippen LogP contribution in [-0.2, 0) is 30.8 Å². The van der Waals surface area contributed by atoms with Gasteiger partial charge in [-0.05, 0) is 26.1 Å². The molecule has 2 aromatic carbocycles. The summed E-state index contributed by atoms with van der Waals surface area (Å²) in [7, 11) is 3.71. The van der Waals surface area contributed by atoms with Crippen molar-refractivity contribution in [3.8, 4) is 28.3 Å². The molecule has 1 N–H and O–H groups in total. The Hall–Kier alpha value is -3.47. The summed E-state index contributed by atoms with van der Waals surface area (Å²) in [5, 5.41) is 3.92. The van der Waals surface area contributed by atoms with E-state index in [1.54, 1.807) is 13.2 Å². The van der Waals surface area contributed by atoms with Crippen molar-refractivity contribution in [2.45, 2.75) is 33.0 Å². The van der Waals surface area contributed by atoms with Gasteiger partial charge in [0.05, 0.1) is 47.4 Å². The minimum atomic E-state index is -0.293. The predicted octanol–water partition coefficient (Wildman–Crippen LogP) is 6.02.